The normalized spacial score (nSPS) is 29.1. The van der Waals surface area contributed by atoms with Gasteiger partial charge >= 0.3 is 0 Å². The van der Waals surface area contributed by atoms with Crippen molar-refractivity contribution < 1.29 is 4.74 Å². The summed E-state index contributed by atoms with van der Waals surface area (Å²) in [6.45, 7) is 13.1. The van der Waals surface area contributed by atoms with Crippen LogP contribution in [0.5, 0.6) is 0 Å². The maximum absolute atomic E-state index is 5.61. The number of ether oxygens (including phenoxy) is 1. The molecule has 96 valence electrons. The molecule has 1 saturated heterocycles. The lowest BCUT2D eigenvalue weighted by molar-refractivity contribution is 0.0558. The van der Waals surface area contributed by atoms with Gasteiger partial charge in [0.1, 0.15) is 0 Å². The molecule has 1 heterocycles. The Morgan fingerprint density at radius 1 is 1.19 bits per heavy atom. The molecule has 0 spiro atoms. The first-order valence-corrected chi connectivity index (χ1v) is 6.68. The minimum absolute atomic E-state index is 0.356. The van der Waals surface area contributed by atoms with Crippen molar-refractivity contribution in [2.24, 2.45) is 0 Å². The lowest BCUT2D eigenvalue weighted by Gasteiger charge is -2.30. The Morgan fingerprint density at radius 2 is 1.75 bits per heavy atom. The molecule has 1 N–H and O–H groups in total. The van der Waals surface area contributed by atoms with Crippen molar-refractivity contribution >= 4 is 0 Å². The van der Waals surface area contributed by atoms with Gasteiger partial charge in [-0.1, -0.05) is 0 Å². The van der Waals surface area contributed by atoms with Crippen molar-refractivity contribution in [2.45, 2.75) is 58.7 Å². The molecule has 1 rings (SSSR count). The van der Waals surface area contributed by atoms with Crippen molar-refractivity contribution in [1.29, 1.82) is 0 Å². The largest absolute Gasteiger partial charge is 0.377 e. The molecule has 16 heavy (non-hydrogen) atoms. The molecule has 0 amide bonds. The Labute approximate surface area is 101 Å². The van der Waals surface area contributed by atoms with Crippen LogP contribution in [0.25, 0.3) is 0 Å². The molecule has 3 nitrogen and oxygen atoms in total. The summed E-state index contributed by atoms with van der Waals surface area (Å²) in [4.78, 5) is 2.54. The van der Waals surface area contributed by atoms with Crippen molar-refractivity contribution in [3.05, 3.63) is 0 Å². The van der Waals surface area contributed by atoms with E-state index in [-0.39, 0.29) is 0 Å². The van der Waals surface area contributed by atoms with Crippen LogP contribution < -0.4 is 5.32 Å². The molecule has 0 aromatic heterocycles. The summed E-state index contributed by atoms with van der Waals surface area (Å²) in [7, 11) is 0. The van der Waals surface area contributed by atoms with Gasteiger partial charge in [-0.15, -0.1) is 0 Å². The van der Waals surface area contributed by atoms with Gasteiger partial charge in [-0.05, 0) is 53.6 Å². The number of rotatable bonds is 4. The molecule has 2 unspecified atom stereocenters. The molecular weight excluding hydrogens is 200 g/mol. The predicted molar refractivity (Wildman–Crippen MR) is 68.8 cm³/mol. The third-order valence-corrected chi connectivity index (χ3v) is 3.18. The standard InChI is InChI=1S/C13H28N2O/c1-11(2)16-10-9-15-7-5-12(3)14-13(4)6-8-15/h11-14H,5-10H2,1-4H3. The predicted octanol–water partition coefficient (Wildman–Crippen LogP) is 1.87. The molecule has 2 atom stereocenters. The van der Waals surface area contributed by atoms with Crippen LogP contribution in [0.2, 0.25) is 0 Å². The minimum Gasteiger partial charge on any atom is -0.377 e. The topological polar surface area (TPSA) is 24.5 Å². The highest BCUT2D eigenvalue weighted by molar-refractivity contribution is 4.74. The monoisotopic (exact) mass is 228 g/mol. The van der Waals surface area contributed by atoms with Gasteiger partial charge < -0.3 is 15.0 Å². The second-order valence-corrected chi connectivity index (χ2v) is 5.31. The van der Waals surface area contributed by atoms with Crippen LogP contribution in [0.4, 0.5) is 0 Å². The molecule has 0 aromatic rings. The first-order valence-electron chi connectivity index (χ1n) is 6.68. The third kappa shape index (κ3) is 5.83. The second-order valence-electron chi connectivity index (χ2n) is 5.31. The highest BCUT2D eigenvalue weighted by Gasteiger charge is 2.15. The van der Waals surface area contributed by atoms with E-state index in [9.17, 15) is 0 Å². The van der Waals surface area contributed by atoms with Crippen LogP contribution in [0.1, 0.15) is 40.5 Å². The smallest absolute Gasteiger partial charge is 0.0596 e. The van der Waals surface area contributed by atoms with Gasteiger partial charge in [0, 0.05) is 18.6 Å². The summed E-state index contributed by atoms with van der Waals surface area (Å²) in [5.74, 6) is 0. The summed E-state index contributed by atoms with van der Waals surface area (Å²) in [6.07, 6.45) is 2.84. The molecular formula is C13H28N2O. The van der Waals surface area contributed by atoms with Gasteiger partial charge in [0.05, 0.1) is 12.7 Å². The molecule has 0 saturated carbocycles. The van der Waals surface area contributed by atoms with E-state index in [2.05, 4.69) is 37.9 Å². The third-order valence-electron chi connectivity index (χ3n) is 3.18. The zero-order chi connectivity index (χ0) is 12.0. The lowest BCUT2D eigenvalue weighted by Crippen LogP contribution is -2.43. The highest BCUT2D eigenvalue weighted by Crippen LogP contribution is 2.06. The first kappa shape index (κ1) is 13.9. The molecule has 3 heteroatoms. The number of hydrogen-bond acceptors (Lipinski definition) is 3. The maximum Gasteiger partial charge on any atom is 0.0596 e. The highest BCUT2D eigenvalue weighted by atomic mass is 16.5. The van der Waals surface area contributed by atoms with Crippen LogP contribution in [0.3, 0.4) is 0 Å². The van der Waals surface area contributed by atoms with Crippen molar-refractivity contribution in [3.8, 4) is 0 Å². The zero-order valence-electron chi connectivity index (χ0n) is 11.3. The number of hydrogen-bond donors (Lipinski definition) is 1. The van der Waals surface area contributed by atoms with E-state index < -0.39 is 0 Å². The van der Waals surface area contributed by atoms with Gasteiger partial charge in [-0.25, -0.2) is 0 Å². The number of nitrogens with zero attached hydrogens (tertiary/aromatic N) is 1. The Hall–Kier alpha value is -0.120. The van der Waals surface area contributed by atoms with E-state index in [1.54, 1.807) is 0 Å². The second kappa shape index (κ2) is 7.25. The van der Waals surface area contributed by atoms with Crippen LogP contribution in [0.15, 0.2) is 0 Å². The molecule has 0 bridgehead atoms. The molecule has 0 radical (unpaired) electrons. The average molecular weight is 228 g/mol. The fourth-order valence-corrected chi connectivity index (χ4v) is 2.16. The Balaban J connectivity index is 2.24. The van der Waals surface area contributed by atoms with Crippen molar-refractivity contribution in [2.75, 3.05) is 26.2 Å². The SMILES string of the molecule is CC1CCN(CCOC(C)C)CCC(C)N1. The fraction of sp³-hybridized carbons (Fsp3) is 1.00. The maximum atomic E-state index is 5.61. The van der Waals surface area contributed by atoms with Crippen molar-refractivity contribution in [1.82, 2.24) is 10.2 Å². The summed E-state index contributed by atoms with van der Waals surface area (Å²) < 4.78 is 5.61. The van der Waals surface area contributed by atoms with Gasteiger partial charge in [-0.2, -0.15) is 0 Å². The van der Waals surface area contributed by atoms with E-state index in [1.165, 1.54) is 25.9 Å². The van der Waals surface area contributed by atoms with Crippen LogP contribution in [0, 0.1) is 0 Å². The minimum atomic E-state index is 0.356. The molecule has 1 fully saturated rings. The van der Waals surface area contributed by atoms with Crippen LogP contribution in [-0.4, -0.2) is 49.3 Å². The first-order chi connectivity index (χ1) is 7.58. The van der Waals surface area contributed by atoms with Gasteiger partial charge in [0.25, 0.3) is 0 Å². The Kier molecular flexibility index (Phi) is 6.32. The average Bonchev–Trinajstić information content (AvgIpc) is 2.18. The van der Waals surface area contributed by atoms with Gasteiger partial charge in [-0.3, -0.25) is 0 Å². The quantitative estimate of drug-likeness (QED) is 0.795. The molecule has 0 aromatic carbocycles. The van der Waals surface area contributed by atoms with E-state index in [1.807, 2.05) is 0 Å². The van der Waals surface area contributed by atoms with E-state index in [0.29, 0.717) is 18.2 Å². The Morgan fingerprint density at radius 3 is 2.25 bits per heavy atom. The molecule has 0 aliphatic carbocycles. The molecule has 1 aliphatic rings. The van der Waals surface area contributed by atoms with Gasteiger partial charge in [0.15, 0.2) is 0 Å². The summed E-state index contributed by atoms with van der Waals surface area (Å²) in [5, 5.41) is 3.62. The summed E-state index contributed by atoms with van der Waals surface area (Å²) >= 11 is 0. The molecule has 1 aliphatic heterocycles. The fourth-order valence-electron chi connectivity index (χ4n) is 2.16. The number of nitrogens with one attached hydrogen (secondary N) is 1. The van der Waals surface area contributed by atoms with Crippen molar-refractivity contribution in [3.63, 3.8) is 0 Å². The zero-order valence-corrected chi connectivity index (χ0v) is 11.3. The van der Waals surface area contributed by atoms with Crippen LogP contribution in [-0.2, 0) is 4.74 Å². The van der Waals surface area contributed by atoms with E-state index in [4.69, 9.17) is 4.74 Å². The summed E-state index contributed by atoms with van der Waals surface area (Å²) in [6, 6.07) is 1.28. The Bertz CT molecular complexity index is 173. The van der Waals surface area contributed by atoms with E-state index >= 15 is 0 Å². The van der Waals surface area contributed by atoms with Gasteiger partial charge in [0.2, 0.25) is 0 Å². The van der Waals surface area contributed by atoms with Crippen LogP contribution >= 0.6 is 0 Å². The summed E-state index contributed by atoms with van der Waals surface area (Å²) in [5.41, 5.74) is 0. The van der Waals surface area contributed by atoms with E-state index in [0.717, 1.165) is 13.2 Å². The lowest BCUT2D eigenvalue weighted by atomic mass is 10.1.